The molecular formula is C24H20F4. The van der Waals surface area contributed by atoms with Crippen LogP contribution in [0.4, 0.5) is 17.6 Å². The molecule has 0 nitrogen and oxygen atoms in total. The van der Waals surface area contributed by atoms with Gasteiger partial charge in [0.15, 0.2) is 11.6 Å². The molecule has 0 unspecified atom stereocenters. The van der Waals surface area contributed by atoms with Crippen molar-refractivity contribution in [2.75, 3.05) is 0 Å². The van der Waals surface area contributed by atoms with E-state index >= 15 is 0 Å². The largest absolute Gasteiger partial charge is 0.207 e. The average molecular weight is 384 g/mol. The molecule has 0 atom stereocenters. The van der Waals surface area contributed by atoms with Crippen LogP contribution >= 0.6 is 0 Å². The molecule has 0 radical (unpaired) electrons. The second-order valence-electron chi connectivity index (χ2n) is 7.49. The first kappa shape index (κ1) is 18.7. The molecule has 4 rings (SSSR count). The predicted molar refractivity (Wildman–Crippen MR) is 104 cm³/mol. The van der Waals surface area contributed by atoms with Crippen molar-refractivity contribution in [1.29, 1.82) is 0 Å². The molecule has 1 aliphatic carbocycles. The van der Waals surface area contributed by atoms with Crippen molar-refractivity contribution in [2.45, 2.75) is 37.5 Å². The number of benzene rings is 3. The maximum Gasteiger partial charge on any atom is 0.166 e. The molecule has 0 spiro atoms. The van der Waals surface area contributed by atoms with Gasteiger partial charge in [-0.25, -0.2) is 17.6 Å². The minimum Gasteiger partial charge on any atom is -0.207 e. The minimum absolute atomic E-state index is 0.151. The Bertz CT molecular complexity index is 1020. The van der Waals surface area contributed by atoms with Crippen LogP contribution in [0.3, 0.4) is 0 Å². The Morgan fingerprint density at radius 2 is 1.39 bits per heavy atom. The zero-order valence-electron chi connectivity index (χ0n) is 15.3. The summed E-state index contributed by atoms with van der Waals surface area (Å²) in [6, 6.07) is 10.7. The smallest absolute Gasteiger partial charge is 0.166 e. The highest BCUT2D eigenvalue weighted by Crippen LogP contribution is 2.42. The van der Waals surface area contributed by atoms with Crippen LogP contribution in [0.1, 0.15) is 54.2 Å². The lowest BCUT2D eigenvalue weighted by atomic mass is 9.75. The van der Waals surface area contributed by atoms with Gasteiger partial charge in [-0.2, -0.15) is 0 Å². The summed E-state index contributed by atoms with van der Waals surface area (Å²) in [5, 5.41) is 0.930. The summed E-state index contributed by atoms with van der Waals surface area (Å²) in [5.74, 6) is -2.62. The summed E-state index contributed by atoms with van der Waals surface area (Å²) in [6.07, 6.45) is 4.38. The Kier molecular flexibility index (Phi) is 4.96. The monoisotopic (exact) mass is 384 g/mol. The Balaban J connectivity index is 1.54. The molecule has 1 fully saturated rings. The standard InChI is InChI=1S/C24H20F4/c1-2-14-11-21(26)23(22(27)12-14)16-5-3-15(4-6-16)17-7-9-19-18(13-17)8-10-20(25)24(19)28/h2,7-13,15-16H,1,3-6H2. The van der Waals surface area contributed by atoms with Crippen LogP contribution in [0, 0.1) is 23.3 Å². The molecule has 4 heteroatoms. The molecule has 0 bridgehead atoms. The summed E-state index contributed by atoms with van der Waals surface area (Å²) in [4.78, 5) is 0. The molecule has 0 saturated heterocycles. The van der Waals surface area contributed by atoms with Gasteiger partial charge >= 0.3 is 0 Å². The van der Waals surface area contributed by atoms with E-state index in [-0.39, 0.29) is 22.8 Å². The fourth-order valence-electron chi connectivity index (χ4n) is 4.36. The molecule has 1 saturated carbocycles. The van der Waals surface area contributed by atoms with Crippen molar-refractivity contribution in [3.63, 3.8) is 0 Å². The summed E-state index contributed by atoms with van der Waals surface area (Å²) in [6.45, 7) is 3.55. The molecule has 0 N–H and O–H groups in total. The van der Waals surface area contributed by atoms with Crippen LogP contribution in [0.15, 0.2) is 49.0 Å². The third-order valence-corrected chi connectivity index (χ3v) is 5.87. The van der Waals surface area contributed by atoms with Gasteiger partial charge in [-0.1, -0.05) is 36.9 Å². The van der Waals surface area contributed by atoms with Crippen molar-refractivity contribution in [1.82, 2.24) is 0 Å². The van der Waals surface area contributed by atoms with Crippen LogP contribution in [-0.2, 0) is 0 Å². The van der Waals surface area contributed by atoms with E-state index in [2.05, 4.69) is 6.58 Å². The van der Waals surface area contributed by atoms with Gasteiger partial charge in [0.2, 0.25) is 0 Å². The summed E-state index contributed by atoms with van der Waals surface area (Å²) < 4.78 is 56.1. The number of halogens is 4. The quantitative estimate of drug-likeness (QED) is 0.411. The summed E-state index contributed by atoms with van der Waals surface area (Å²) >= 11 is 0. The van der Waals surface area contributed by atoms with E-state index in [1.807, 2.05) is 12.1 Å². The van der Waals surface area contributed by atoms with Gasteiger partial charge in [0.05, 0.1) is 0 Å². The van der Waals surface area contributed by atoms with Gasteiger partial charge in [0.1, 0.15) is 11.6 Å². The highest BCUT2D eigenvalue weighted by atomic mass is 19.2. The maximum absolute atomic E-state index is 14.4. The lowest BCUT2D eigenvalue weighted by Gasteiger charge is -2.29. The van der Waals surface area contributed by atoms with Crippen LogP contribution < -0.4 is 0 Å². The Morgan fingerprint density at radius 3 is 2.04 bits per heavy atom. The Hall–Kier alpha value is -2.62. The van der Waals surface area contributed by atoms with Crippen LogP contribution in [0.5, 0.6) is 0 Å². The summed E-state index contributed by atoms with van der Waals surface area (Å²) in [7, 11) is 0. The average Bonchev–Trinajstić information content (AvgIpc) is 2.70. The number of fused-ring (bicyclic) bond motifs is 1. The van der Waals surface area contributed by atoms with Gasteiger partial charge in [0, 0.05) is 10.9 Å². The van der Waals surface area contributed by atoms with Crippen molar-refractivity contribution in [3.8, 4) is 0 Å². The molecular weight excluding hydrogens is 364 g/mol. The Labute approximate surface area is 161 Å². The normalized spacial score (nSPS) is 19.7. The third-order valence-electron chi connectivity index (χ3n) is 5.87. The molecule has 0 heterocycles. The van der Waals surface area contributed by atoms with Gasteiger partial charge < -0.3 is 0 Å². The van der Waals surface area contributed by atoms with Gasteiger partial charge in [-0.15, -0.1) is 0 Å². The van der Waals surface area contributed by atoms with Crippen molar-refractivity contribution in [3.05, 3.63) is 89.0 Å². The number of rotatable bonds is 3. The minimum atomic E-state index is -0.854. The Morgan fingerprint density at radius 1 is 0.750 bits per heavy atom. The number of hydrogen-bond donors (Lipinski definition) is 0. The SMILES string of the molecule is C=Cc1cc(F)c(C2CCC(c3ccc4c(F)c(F)ccc4c3)CC2)c(F)c1. The van der Waals surface area contributed by atoms with E-state index in [9.17, 15) is 17.6 Å². The van der Waals surface area contributed by atoms with E-state index in [1.54, 1.807) is 12.1 Å². The van der Waals surface area contributed by atoms with Crippen LogP contribution in [-0.4, -0.2) is 0 Å². The predicted octanol–water partition coefficient (Wildman–Crippen LogP) is 7.48. The zero-order chi connectivity index (χ0) is 19.8. The maximum atomic E-state index is 14.4. The van der Waals surface area contributed by atoms with Gasteiger partial charge in [-0.05, 0) is 72.2 Å². The van der Waals surface area contributed by atoms with E-state index in [0.29, 0.717) is 23.8 Å². The molecule has 1 aliphatic rings. The highest BCUT2D eigenvalue weighted by Gasteiger charge is 2.28. The van der Waals surface area contributed by atoms with E-state index < -0.39 is 23.3 Å². The molecule has 3 aromatic rings. The van der Waals surface area contributed by atoms with Crippen molar-refractivity contribution in [2.24, 2.45) is 0 Å². The zero-order valence-corrected chi connectivity index (χ0v) is 15.3. The lowest BCUT2D eigenvalue weighted by molar-refractivity contribution is 0.377. The van der Waals surface area contributed by atoms with E-state index in [4.69, 9.17) is 0 Å². The second-order valence-corrected chi connectivity index (χ2v) is 7.49. The fraction of sp³-hybridized carbons (Fsp3) is 0.250. The molecule has 144 valence electrons. The van der Waals surface area contributed by atoms with Crippen LogP contribution in [0.2, 0.25) is 0 Å². The molecule has 0 aromatic heterocycles. The molecule has 28 heavy (non-hydrogen) atoms. The van der Waals surface area contributed by atoms with Crippen molar-refractivity contribution >= 4 is 16.8 Å². The first-order valence-electron chi connectivity index (χ1n) is 9.47. The lowest BCUT2D eigenvalue weighted by Crippen LogP contribution is -2.14. The third kappa shape index (κ3) is 3.32. The fourth-order valence-corrected chi connectivity index (χ4v) is 4.36. The molecule has 0 aliphatic heterocycles. The molecule has 3 aromatic carbocycles. The topological polar surface area (TPSA) is 0 Å². The first-order chi connectivity index (χ1) is 13.5. The summed E-state index contributed by atoms with van der Waals surface area (Å²) in [5.41, 5.74) is 1.66. The molecule has 0 amide bonds. The number of hydrogen-bond acceptors (Lipinski definition) is 0. The second kappa shape index (κ2) is 7.42. The van der Waals surface area contributed by atoms with Crippen molar-refractivity contribution < 1.29 is 17.6 Å². The van der Waals surface area contributed by atoms with Gasteiger partial charge in [-0.3, -0.25) is 0 Å². The highest BCUT2D eigenvalue weighted by molar-refractivity contribution is 5.84. The van der Waals surface area contributed by atoms with Crippen LogP contribution in [0.25, 0.3) is 16.8 Å². The first-order valence-corrected chi connectivity index (χ1v) is 9.47. The van der Waals surface area contributed by atoms with E-state index in [0.717, 1.165) is 24.5 Å². The van der Waals surface area contributed by atoms with E-state index in [1.165, 1.54) is 18.2 Å². The van der Waals surface area contributed by atoms with Gasteiger partial charge in [0.25, 0.3) is 0 Å².